The van der Waals surface area contributed by atoms with E-state index in [0.29, 0.717) is 6.04 Å². The number of fused-ring (bicyclic) bond motifs is 1. The fraction of sp³-hybridized carbons (Fsp3) is 0.467. The number of hydrogen-bond acceptors (Lipinski definition) is 4. The van der Waals surface area contributed by atoms with Gasteiger partial charge < -0.3 is 5.32 Å². The second-order valence-electron chi connectivity index (χ2n) is 4.98. The van der Waals surface area contributed by atoms with Crippen molar-refractivity contribution in [3.8, 4) is 0 Å². The van der Waals surface area contributed by atoms with E-state index < -0.39 is 0 Å². The minimum Gasteiger partial charge on any atom is -0.305 e. The van der Waals surface area contributed by atoms with Crippen molar-refractivity contribution in [3.63, 3.8) is 0 Å². The normalized spacial score (nSPS) is 22.4. The molecule has 0 saturated heterocycles. The molecule has 4 heteroatoms. The lowest BCUT2D eigenvalue weighted by Crippen LogP contribution is -2.25. The first-order valence-electron chi connectivity index (χ1n) is 6.81. The van der Waals surface area contributed by atoms with Crippen LogP contribution in [0.1, 0.15) is 41.6 Å². The Kier molecular flexibility index (Phi) is 4.32. The molecule has 0 spiro atoms. The second kappa shape index (κ2) is 6.00. The van der Waals surface area contributed by atoms with Crippen molar-refractivity contribution in [2.24, 2.45) is 0 Å². The fourth-order valence-electron chi connectivity index (χ4n) is 2.47. The first kappa shape index (κ1) is 13.7. The molecule has 2 atom stereocenters. The lowest BCUT2D eigenvalue weighted by Gasteiger charge is -2.27. The van der Waals surface area contributed by atoms with Crippen LogP contribution in [0, 0.1) is 0 Å². The zero-order valence-corrected chi connectivity index (χ0v) is 13.8. The van der Waals surface area contributed by atoms with E-state index in [-0.39, 0.29) is 0 Å². The Morgan fingerprint density at radius 1 is 1.26 bits per heavy atom. The molecule has 3 rings (SSSR count). The largest absolute Gasteiger partial charge is 0.305 e. The maximum atomic E-state index is 3.75. The molecule has 0 radical (unpaired) electrons. The molecule has 1 aliphatic rings. The molecule has 2 aromatic heterocycles. The van der Waals surface area contributed by atoms with Crippen molar-refractivity contribution < 1.29 is 0 Å². The molecule has 1 N–H and O–H groups in total. The summed E-state index contributed by atoms with van der Waals surface area (Å²) < 4.78 is 1.51. The van der Waals surface area contributed by atoms with Crippen LogP contribution in [-0.4, -0.2) is 5.25 Å². The maximum Gasteiger partial charge on any atom is 0.0649 e. The zero-order valence-electron chi connectivity index (χ0n) is 11.3. The standard InChI is InChI=1S/C15H19NS3/c1-3-11-4-5-12(19-11)9-16-14-8-10(2)18-15-13(14)6-7-17-15/h4-7,10,14,16H,3,8-9H2,1-2H3/t10-,14?/m0/s1. The highest BCUT2D eigenvalue weighted by Gasteiger charge is 2.25. The van der Waals surface area contributed by atoms with E-state index in [2.05, 4.69) is 42.7 Å². The van der Waals surface area contributed by atoms with E-state index in [1.54, 1.807) is 0 Å². The van der Waals surface area contributed by atoms with Gasteiger partial charge in [-0.05, 0) is 42.0 Å². The number of thioether (sulfide) groups is 1. The second-order valence-corrected chi connectivity index (χ2v) is 8.86. The lowest BCUT2D eigenvalue weighted by molar-refractivity contribution is 0.490. The Labute approximate surface area is 127 Å². The summed E-state index contributed by atoms with van der Waals surface area (Å²) in [6.07, 6.45) is 2.39. The molecule has 19 heavy (non-hydrogen) atoms. The van der Waals surface area contributed by atoms with Gasteiger partial charge in [-0.15, -0.1) is 34.4 Å². The Morgan fingerprint density at radius 2 is 2.11 bits per heavy atom. The van der Waals surface area contributed by atoms with Gasteiger partial charge in [0.2, 0.25) is 0 Å². The summed E-state index contributed by atoms with van der Waals surface area (Å²) in [6, 6.07) is 7.36. The molecule has 0 aromatic carbocycles. The average molecular weight is 310 g/mol. The molecule has 1 aliphatic heterocycles. The van der Waals surface area contributed by atoms with Gasteiger partial charge >= 0.3 is 0 Å². The van der Waals surface area contributed by atoms with Gasteiger partial charge in [0.1, 0.15) is 0 Å². The maximum absolute atomic E-state index is 3.75. The minimum atomic E-state index is 0.532. The highest BCUT2D eigenvalue weighted by atomic mass is 32.2. The molecular weight excluding hydrogens is 290 g/mol. The Balaban J connectivity index is 1.67. The van der Waals surface area contributed by atoms with E-state index in [1.807, 2.05) is 34.4 Å². The molecular formula is C15H19NS3. The van der Waals surface area contributed by atoms with Gasteiger partial charge in [-0.2, -0.15) is 0 Å². The number of thiophene rings is 2. The van der Waals surface area contributed by atoms with Crippen molar-refractivity contribution >= 4 is 34.4 Å². The molecule has 102 valence electrons. The molecule has 1 nitrogen and oxygen atoms in total. The summed E-state index contributed by atoms with van der Waals surface area (Å²) in [7, 11) is 0. The third kappa shape index (κ3) is 3.07. The average Bonchev–Trinajstić information content (AvgIpc) is 3.03. The van der Waals surface area contributed by atoms with Crippen molar-refractivity contribution in [2.75, 3.05) is 0 Å². The molecule has 3 heterocycles. The number of rotatable bonds is 4. The molecule has 0 fully saturated rings. The van der Waals surface area contributed by atoms with Gasteiger partial charge in [-0.25, -0.2) is 0 Å². The van der Waals surface area contributed by atoms with E-state index in [1.165, 1.54) is 25.9 Å². The summed E-state index contributed by atoms with van der Waals surface area (Å²) >= 11 is 5.86. The van der Waals surface area contributed by atoms with Gasteiger partial charge in [-0.1, -0.05) is 13.8 Å². The van der Waals surface area contributed by atoms with E-state index in [4.69, 9.17) is 0 Å². The van der Waals surface area contributed by atoms with Crippen LogP contribution >= 0.6 is 34.4 Å². The van der Waals surface area contributed by atoms with E-state index >= 15 is 0 Å². The summed E-state index contributed by atoms with van der Waals surface area (Å²) in [5, 5.41) is 6.70. The van der Waals surface area contributed by atoms with E-state index in [0.717, 1.165) is 18.2 Å². The number of nitrogens with one attached hydrogen (secondary N) is 1. The molecule has 0 bridgehead atoms. The Morgan fingerprint density at radius 3 is 2.89 bits per heavy atom. The first-order chi connectivity index (χ1) is 9.26. The molecule has 2 aromatic rings. The molecule has 1 unspecified atom stereocenters. The topological polar surface area (TPSA) is 12.0 Å². The predicted octanol–water partition coefficient (Wildman–Crippen LogP) is 5.09. The van der Waals surface area contributed by atoms with Crippen LogP contribution in [0.15, 0.2) is 27.8 Å². The van der Waals surface area contributed by atoms with Crippen LogP contribution in [0.3, 0.4) is 0 Å². The van der Waals surface area contributed by atoms with Crippen LogP contribution in [0.4, 0.5) is 0 Å². The van der Waals surface area contributed by atoms with Gasteiger partial charge in [0.25, 0.3) is 0 Å². The van der Waals surface area contributed by atoms with Gasteiger partial charge in [-0.3, -0.25) is 0 Å². The quantitative estimate of drug-likeness (QED) is 0.844. The molecule has 0 amide bonds. The van der Waals surface area contributed by atoms with Crippen molar-refractivity contribution in [1.82, 2.24) is 5.32 Å². The molecule has 0 saturated carbocycles. The predicted molar refractivity (Wildman–Crippen MR) is 87.5 cm³/mol. The third-order valence-corrected chi connectivity index (χ3v) is 7.07. The van der Waals surface area contributed by atoms with Crippen LogP contribution < -0.4 is 5.32 Å². The van der Waals surface area contributed by atoms with Crippen LogP contribution in [-0.2, 0) is 13.0 Å². The van der Waals surface area contributed by atoms with Crippen LogP contribution in [0.25, 0.3) is 0 Å². The van der Waals surface area contributed by atoms with E-state index in [9.17, 15) is 0 Å². The van der Waals surface area contributed by atoms with Crippen LogP contribution in [0.2, 0.25) is 0 Å². The lowest BCUT2D eigenvalue weighted by atomic mass is 10.0. The smallest absolute Gasteiger partial charge is 0.0649 e. The highest BCUT2D eigenvalue weighted by molar-refractivity contribution is 8.01. The van der Waals surface area contributed by atoms with Crippen LogP contribution in [0.5, 0.6) is 0 Å². The SMILES string of the molecule is CCc1ccc(CNC2C[C@H](C)Sc3sccc32)s1. The van der Waals surface area contributed by atoms with Gasteiger partial charge in [0.05, 0.1) is 4.21 Å². The third-order valence-electron chi connectivity index (χ3n) is 3.50. The zero-order chi connectivity index (χ0) is 13.2. The summed E-state index contributed by atoms with van der Waals surface area (Å²) in [4.78, 5) is 2.94. The fourth-order valence-corrected chi connectivity index (χ4v) is 5.95. The monoisotopic (exact) mass is 309 g/mol. The number of hydrogen-bond donors (Lipinski definition) is 1. The molecule has 0 aliphatic carbocycles. The summed E-state index contributed by atoms with van der Waals surface area (Å²) in [5.41, 5.74) is 1.51. The first-order valence-corrected chi connectivity index (χ1v) is 9.39. The highest BCUT2D eigenvalue weighted by Crippen LogP contribution is 2.43. The summed E-state index contributed by atoms with van der Waals surface area (Å²) in [6.45, 7) is 5.56. The van der Waals surface area contributed by atoms with Gasteiger partial charge in [0.15, 0.2) is 0 Å². The van der Waals surface area contributed by atoms with Crippen molar-refractivity contribution in [3.05, 3.63) is 38.9 Å². The van der Waals surface area contributed by atoms with Gasteiger partial charge in [0, 0.05) is 27.6 Å². The number of aryl methyl sites for hydroxylation is 1. The minimum absolute atomic E-state index is 0.532. The van der Waals surface area contributed by atoms with Crippen molar-refractivity contribution in [2.45, 2.75) is 48.7 Å². The van der Waals surface area contributed by atoms with Crippen molar-refractivity contribution in [1.29, 1.82) is 0 Å². The summed E-state index contributed by atoms with van der Waals surface area (Å²) in [5.74, 6) is 0. The Hall–Kier alpha value is -0.290. The Bertz CT molecular complexity index is 543.